The molecule has 0 aliphatic heterocycles. The smallest absolute Gasteiger partial charge is 0.245 e. The van der Waals surface area contributed by atoms with E-state index in [0.717, 1.165) is 6.42 Å². The van der Waals surface area contributed by atoms with E-state index in [4.69, 9.17) is 4.74 Å². The highest BCUT2D eigenvalue weighted by Crippen LogP contribution is 2.17. The molecular weight excluding hydrogens is 330 g/mol. The minimum absolute atomic E-state index is 0.00371. The third-order valence-corrected chi connectivity index (χ3v) is 5.17. The summed E-state index contributed by atoms with van der Waals surface area (Å²) in [6, 6.07) is -0.818. The van der Waals surface area contributed by atoms with Gasteiger partial charge in [-0.05, 0) is 31.8 Å². The first kappa shape index (κ1) is 24.9. The van der Waals surface area contributed by atoms with Crippen LogP contribution in [0.4, 0.5) is 0 Å². The van der Waals surface area contributed by atoms with Crippen molar-refractivity contribution in [2.45, 2.75) is 66.1 Å². The van der Waals surface area contributed by atoms with Gasteiger partial charge in [0, 0.05) is 14.2 Å². The molecule has 2 amide bonds. The van der Waals surface area contributed by atoms with Crippen molar-refractivity contribution in [3.63, 3.8) is 0 Å². The van der Waals surface area contributed by atoms with Gasteiger partial charge in [-0.1, -0.05) is 48.0 Å². The molecule has 1 N–H and O–H groups in total. The summed E-state index contributed by atoms with van der Waals surface area (Å²) in [6.07, 6.45) is 0.959. The monoisotopic (exact) mass is 371 g/mol. The molecule has 0 aliphatic rings. The molecular formula is C20H41N3O3. The van der Waals surface area contributed by atoms with Crippen LogP contribution in [-0.4, -0.2) is 74.6 Å². The van der Waals surface area contributed by atoms with Gasteiger partial charge in [0.25, 0.3) is 0 Å². The van der Waals surface area contributed by atoms with Crippen molar-refractivity contribution < 1.29 is 14.3 Å². The van der Waals surface area contributed by atoms with E-state index in [1.54, 1.807) is 12.0 Å². The lowest BCUT2D eigenvalue weighted by atomic mass is 9.95. The van der Waals surface area contributed by atoms with Crippen LogP contribution >= 0.6 is 0 Å². The number of carbonyl (C=O) groups is 2. The van der Waals surface area contributed by atoms with Crippen LogP contribution in [0.1, 0.15) is 48.0 Å². The van der Waals surface area contributed by atoms with E-state index < -0.39 is 6.04 Å². The molecule has 0 aromatic rings. The van der Waals surface area contributed by atoms with Gasteiger partial charge in [0.15, 0.2) is 0 Å². The lowest BCUT2D eigenvalue weighted by molar-refractivity contribution is -0.141. The van der Waals surface area contributed by atoms with Crippen LogP contribution in [0.5, 0.6) is 0 Å². The number of nitrogens with one attached hydrogen (secondary N) is 1. The minimum Gasteiger partial charge on any atom is -0.383 e. The normalized spacial score (nSPS) is 16.5. The van der Waals surface area contributed by atoms with Crippen molar-refractivity contribution in [2.75, 3.05) is 34.9 Å². The number of nitrogens with zero attached hydrogens (tertiary/aromatic N) is 2. The van der Waals surface area contributed by atoms with E-state index in [-0.39, 0.29) is 35.7 Å². The Kier molecular flexibility index (Phi) is 11.0. The summed E-state index contributed by atoms with van der Waals surface area (Å²) >= 11 is 0. The van der Waals surface area contributed by atoms with Gasteiger partial charge in [0.05, 0.1) is 18.7 Å². The lowest BCUT2D eigenvalue weighted by Gasteiger charge is -2.36. The van der Waals surface area contributed by atoms with Gasteiger partial charge >= 0.3 is 0 Å². The number of likely N-dealkylation sites (N-methyl/N-ethyl adjacent to an activating group) is 2. The molecule has 154 valence electrons. The number of amides is 2. The molecule has 0 rings (SSSR count). The summed E-state index contributed by atoms with van der Waals surface area (Å²) in [5, 5.41) is 3.00. The van der Waals surface area contributed by atoms with Crippen LogP contribution in [-0.2, 0) is 14.3 Å². The zero-order valence-corrected chi connectivity index (χ0v) is 18.5. The Morgan fingerprint density at radius 2 is 1.54 bits per heavy atom. The highest BCUT2D eigenvalue weighted by molar-refractivity contribution is 5.90. The van der Waals surface area contributed by atoms with E-state index in [0.29, 0.717) is 12.5 Å². The predicted molar refractivity (Wildman–Crippen MR) is 107 cm³/mol. The lowest BCUT2D eigenvalue weighted by Crippen LogP contribution is -2.58. The first-order valence-corrected chi connectivity index (χ1v) is 9.71. The topological polar surface area (TPSA) is 61.9 Å². The third-order valence-electron chi connectivity index (χ3n) is 5.17. The first-order chi connectivity index (χ1) is 12.0. The Morgan fingerprint density at radius 1 is 1.00 bits per heavy atom. The van der Waals surface area contributed by atoms with Crippen molar-refractivity contribution >= 4 is 11.8 Å². The number of hydrogen-bond acceptors (Lipinski definition) is 4. The average molecular weight is 372 g/mol. The van der Waals surface area contributed by atoms with E-state index >= 15 is 0 Å². The molecule has 0 radical (unpaired) electrons. The van der Waals surface area contributed by atoms with E-state index in [1.165, 1.54) is 0 Å². The number of methoxy groups -OCH3 is 1. The predicted octanol–water partition coefficient (Wildman–Crippen LogP) is 2.23. The highest BCUT2D eigenvalue weighted by atomic mass is 16.5. The van der Waals surface area contributed by atoms with Gasteiger partial charge in [0.1, 0.15) is 6.04 Å². The van der Waals surface area contributed by atoms with Gasteiger partial charge in [0.2, 0.25) is 11.8 Å². The van der Waals surface area contributed by atoms with Crippen molar-refractivity contribution in [3.8, 4) is 0 Å². The summed E-state index contributed by atoms with van der Waals surface area (Å²) in [5.74, 6) is 0.322. The van der Waals surface area contributed by atoms with Gasteiger partial charge in [-0.15, -0.1) is 0 Å². The third kappa shape index (κ3) is 6.88. The molecule has 6 nitrogen and oxygen atoms in total. The summed E-state index contributed by atoms with van der Waals surface area (Å²) in [7, 11) is 7.24. The first-order valence-electron chi connectivity index (χ1n) is 9.71. The fourth-order valence-electron chi connectivity index (χ4n) is 3.37. The van der Waals surface area contributed by atoms with Crippen LogP contribution in [0.2, 0.25) is 0 Å². The van der Waals surface area contributed by atoms with Crippen molar-refractivity contribution in [1.82, 2.24) is 15.1 Å². The Labute approximate surface area is 160 Å². The molecule has 0 saturated carbocycles. The number of ether oxygens (including phenoxy) is 1. The van der Waals surface area contributed by atoms with Gasteiger partial charge in [-0.25, -0.2) is 0 Å². The zero-order valence-electron chi connectivity index (χ0n) is 18.5. The standard InChI is InChI=1S/C20H41N3O3/c1-11-15(6)16(12-26-10)23(9)20(25)17(13(2)3)21-19(24)18(14(4)5)22(7)8/h13-18H,11-12H2,1-10H3,(H,21,24)/t15?,16?,17-,18?/m0/s1. The number of carbonyl (C=O) groups excluding carboxylic acids is 2. The van der Waals surface area contributed by atoms with Crippen LogP contribution in [0.25, 0.3) is 0 Å². The highest BCUT2D eigenvalue weighted by Gasteiger charge is 2.34. The van der Waals surface area contributed by atoms with E-state index in [2.05, 4.69) is 19.2 Å². The van der Waals surface area contributed by atoms with Crippen molar-refractivity contribution in [2.24, 2.45) is 17.8 Å². The second-order valence-corrected chi connectivity index (χ2v) is 8.24. The second kappa shape index (κ2) is 11.5. The van der Waals surface area contributed by atoms with E-state index in [9.17, 15) is 9.59 Å². The largest absolute Gasteiger partial charge is 0.383 e. The Morgan fingerprint density at radius 3 is 1.88 bits per heavy atom. The summed E-state index contributed by atoms with van der Waals surface area (Å²) < 4.78 is 5.33. The van der Waals surface area contributed by atoms with Gasteiger partial charge in [-0.3, -0.25) is 14.5 Å². The average Bonchev–Trinajstić information content (AvgIpc) is 2.54. The Bertz CT molecular complexity index is 430. The molecule has 0 heterocycles. The molecule has 6 heteroatoms. The fraction of sp³-hybridized carbons (Fsp3) is 0.900. The van der Waals surface area contributed by atoms with Crippen LogP contribution in [0.3, 0.4) is 0 Å². The van der Waals surface area contributed by atoms with Crippen LogP contribution in [0.15, 0.2) is 0 Å². The van der Waals surface area contributed by atoms with Crippen LogP contribution < -0.4 is 5.32 Å². The summed E-state index contributed by atoms with van der Waals surface area (Å²) in [5.41, 5.74) is 0. The number of rotatable bonds is 11. The molecule has 0 bridgehead atoms. The molecule has 0 fully saturated rings. The quantitative estimate of drug-likeness (QED) is 0.605. The van der Waals surface area contributed by atoms with E-state index in [1.807, 2.05) is 53.7 Å². The molecule has 0 aromatic carbocycles. The fourth-order valence-corrected chi connectivity index (χ4v) is 3.37. The maximum atomic E-state index is 13.2. The van der Waals surface area contributed by atoms with Crippen LogP contribution in [0, 0.1) is 17.8 Å². The van der Waals surface area contributed by atoms with Gasteiger partial charge < -0.3 is 15.0 Å². The molecule has 0 aromatic heterocycles. The summed E-state index contributed by atoms with van der Waals surface area (Å²) in [6.45, 7) is 12.7. The van der Waals surface area contributed by atoms with Crippen molar-refractivity contribution in [1.29, 1.82) is 0 Å². The Balaban J connectivity index is 5.40. The maximum Gasteiger partial charge on any atom is 0.245 e. The van der Waals surface area contributed by atoms with Gasteiger partial charge in [-0.2, -0.15) is 0 Å². The number of hydrogen-bond donors (Lipinski definition) is 1. The minimum atomic E-state index is -0.544. The molecule has 26 heavy (non-hydrogen) atoms. The zero-order chi connectivity index (χ0) is 20.6. The molecule has 0 saturated heterocycles. The molecule has 0 aliphatic carbocycles. The SMILES string of the molecule is CCC(C)C(COC)N(C)C(=O)[C@@H](NC(=O)C(C(C)C)N(C)C)C(C)C. The van der Waals surface area contributed by atoms with Crippen molar-refractivity contribution in [3.05, 3.63) is 0 Å². The molecule has 0 spiro atoms. The summed E-state index contributed by atoms with van der Waals surface area (Å²) in [4.78, 5) is 29.6. The molecule has 3 unspecified atom stereocenters. The Hall–Kier alpha value is -1.14. The second-order valence-electron chi connectivity index (χ2n) is 8.24. The molecule has 4 atom stereocenters. The maximum absolute atomic E-state index is 13.2.